The highest BCUT2D eigenvalue weighted by molar-refractivity contribution is 9.10. The first-order valence-electron chi connectivity index (χ1n) is 6.12. The van der Waals surface area contributed by atoms with Crippen molar-refractivity contribution >= 4 is 33.2 Å². The monoisotopic (exact) mass is 309 g/mol. The van der Waals surface area contributed by atoms with Crippen LogP contribution in [0.15, 0.2) is 16.6 Å². The Hall–Kier alpha value is -1.07. The highest BCUT2D eigenvalue weighted by Crippen LogP contribution is 2.41. The first-order valence-corrected chi connectivity index (χ1v) is 6.91. The minimum absolute atomic E-state index is 0.165. The third-order valence-electron chi connectivity index (χ3n) is 3.60. The van der Waals surface area contributed by atoms with Gasteiger partial charge in [-0.05, 0) is 40.5 Å². The molecule has 1 aromatic carbocycles. The second-order valence-electron chi connectivity index (χ2n) is 5.04. The smallest absolute Gasteiger partial charge is 0.241 e. The quantitative estimate of drug-likeness (QED) is 0.789. The summed E-state index contributed by atoms with van der Waals surface area (Å²) in [5, 5.41) is 3.18. The predicted molar refractivity (Wildman–Crippen MR) is 76.3 cm³/mol. The number of piperazine rings is 1. The molecule has 0 spiro atoms. The van der Waals surface area contributed by atoms with Crippen molar-refractivity contribution in [2.75, 3.05) is 36.5 Å². The molecule has 1 unspecified atom stereocenters. The fourth-order valence-corrected chi connectivity index (χ4v) is 3.76. The van der Waals surface area contributed by atoms with E-state index in [1.807, 2.05) is 4.90 Å². The fourth-order valence-electron chi connectivity index (χ4n) is 2.89. The van der Waals surface area contributed by atoms with Crippen molar-refractivity contribution in [1.82, 2.24) is 5.32 Å². The molecule has 3 rings (SSSR count). The van der Waals surface area contributed by atoms with Gasteiger partial charge in [0.05, 0.1) is 24.0 Å². The lowest BCUT2D eigenvalue weighted by Crippen LogP contribution is -2.61. The number of amides is 1. The summed E-state index contributed by atoms with van der Waals surface area (Å²) >= 11 is 3.61. The van der Waals surface area contributed by atoms with Crippen LogP contribution in [-0.2, 0) is 4.79 Å². The topological polar surface area (TPSA) is 35.6 Å². The van der Waals surface area contributed by atoms with Crippen LogP contribution in [0, 0.1) is 6.92 Å². The van der Waals surface area contributed by atoms with Gasteiger partial charge in [-0.2, -0.15) is 0 Å². The van der Waals surface area contributed by atoms with Crippen molar-refractivity contribution in [3.63, 3.8) is 0 Å². The van der Waals surface area contributed by atoms with Crippen LogP contribution in [0.25, 0.3) is 0 Å². The maximum atomic E-state index is 12.2. The van der Waals surface area contributed by atoms with Crippen LogP contribution >= 0.6 is 15.9 Å². The molecule has 18 heavy (non-hydrogen) atoms. The fraction of sp³-hybridized carbons (Fsp3) is 0.462. The molecular formula is C13H16BrN3O. The number of likely N-dealkylation sites (N-methyl/N-ethyl adjacent to an activating group) is 1. The summed E-state index contributed by atoms with van der Waals surface area (Å²) in [6.45, 7) is 4.22. The molecule has 2 aliphatic rings. The number of aryl methyl sites for hydroxylation is 1. The Morgan fingerprint density at radius 2 is 2.22 bits per heavy atom. The lowest BCUT2D eigenvalue weighted by molar-refractivity contribution is -0.119. The Balaban J connectivity index is 2.17. The second-order valence-corrected chi connectivity index (χ2v) is 5.90. The summed E-state index contributed by atoms with van der Waals surface area (Å²) < 4.78 is 1.06. The Morgan fingerprint density at radius 1 is 1.44 bits per heavy atom. The van der Waals surface area contributed by atoms with Gasteiger partial charge in [-0.15, -0.1) is 0 Å². The van der Waals surface area contributed by atoms with Gasteiger partial charge in [0.25, 0.3) is 0 Å². The summed E-state index contributed by atoms with van der Waals surface area (Å²) in [5.74, 6) is 0.165. The zero-order valence-corrected chi connectivity index (χ0v) is 12.1. The number of nitrogens with one attached hydrogen (secondary N) is 1. The molecule has 0 saturated carbocycles. The SMILES string of the molecule is Cc1cc(Br)c2c(c1)N1C(=O)CNCC1CN2C. The van der Waals surface area contributed by atoms with Crippen molar-refractivity contribution in [2.45, 2.75) is 13.0 Å². The Labute approximate surface area is 115 Å². The summed E-state index contributed by atoms with van der Waals surface area (Å²) in [4.78, 5) is 16.3. The summed E-state index contributed by atoms with van der Waals surface area (Å²) in [6.07, 6.45) is 0. The van der Waals surface area contributed by atoms with Crippen LogP contribution < -0.4 is 15.1 Å². The van der Waals surface area contributed by atoms with Crippen molar-refractivity contribution in [3.05, 3.63) is 22.2 Å². The van der Waals surface area contributed by atoms with Gasteiger partial charge in [0.2, 0.25) is 5.91 Å². The molecular weight excluding hydrogens is 294 g/mol. The van der Waals surface area contributed by atoms with Crippen molar-refractivity contribution in [2.24, 2.45) is 0 Å². The van der Waals surface area contributed by atoms with E-state index in [0.29, 0.717) is 6.54 Å². The molecule has 1 amide bonds. The molecule has 1 atom stereocenters. The normalized spacial score (nSPS) is 22.8. The molecule has 96 valence electrons. The average molecular weight is 310 g/mol. The Kier molecular flexibility index (Phi) is 2.83. The van der Waals surface area contributed by atoms with Crippen LogP contribution in [0.3, 0.4) is 0 Å². The number of hydrogen-bond acceptors (Lipinski definition) is 3. The summed E-state index contributed by atoms with van der Waals surface area (Å²) in [5.41, 5.74) is 3.32. The molecule has 0 bridgehead atoms. The van der Waals surface area contributed by atoms with E-state index in [9.17, 15) is 4.79 Å². The van der Waals surface area contributed by atoms with Crippen LogP contribution in [-0.4, -0.2) is 38.6 Å². The molecule has 4 nitrogen and oxygen atoms in total. The highest BCUT2D eigenvalue weighted by Gasteiger charge is 2.36. The van der Waals surface area contributed by atoms with E-state index in [0.717, 1.165) is 28.9 Å². The molecule has 0 radical (unpaired) electrons. The van der Waals surface area contributed by atoms with E-state index >= 15 is 0 Å². The van der Waals surface area contributed by atoms with Gasteiger partial charge < -0.3 is 15.1 Å². The highest BCUT2D eigenvalue weighted by atomic mass is 79.9. The van der Waals surface area contributed by atoms with E-state index in [4.69, 9.17) is 0 Å². The van der Waals surface area contributed by atoms with Crippen molar-refractivity contribution in [3.8, 4) is 0 Å². The third kappa shape index (κ3) is 1.73. The van der Waals surface area contributed by atoms with Crippen LogP contribution in [0.4, 0.5) is 11.4 Å². The lowest BCUT2D eigenvalue weighted by atomic mass is 10.0. The number of rotatable bonds is 0. The van der Waals surface area contributed by atoms with E-state index in [1.54, 1.807) is 0 Å². The maximum absolute atomic E-state index is 12.2. The third-order valence-corrected chi connectivity index (χ3v) is 4.21. The number of hydrogen-bond donors (Lipinski definition) is 1. The number of carbonyl (C=O) groups is 1. The van der Waals surface area contributed by atoms with Gasteiger partial charge in [-0.25, -0.2) is 0 Å². The van der Waals surface area contributed by atoms with Crippen LogP contribution in [0.5, 0.6) is 0 Å². The molecule has 0 aromatic heterocycles. The van der Waals surface area contributed by atoms with E-state index in [1.165, 1.54) is 5.56 Å². The maximum Gasteiger partial charge on any atom is 0.241 e. The minimum Gasteiger partial charge on any atom is -0.370 e. The van der Waals surface area contributed by atoms with E-state index in [-0.39, 0.29) is 11.9 Å². The van der Waals surface area contributed by atoms with Gasteiger partial charge in [0.1, 0.15) is 0 Å². The standard InChI is InChI=1S/C13H16BrN3O/c1-8-3-10(14)13-11(4-8)17-9(7-16(13)2)5-15-6-12(17)18/h3-4,9,15H,5-7H2,1-2H3. The minimum atomic E-state index is 0.165. The molecule has 2 aliphatic heterocycles. The average Bonchev–Trinajstić information content (AvgIpc) is 2.27. The Morgan fingerprint density at radius 3 is 3.00 bits per heavy atom. The number of anilines is 2. The van der Waals surface area contributed by atoms with E-state index in [2.05, 4.69) is 52.3 Å². The van der Waals surface area contributed by atoms with Gasteiger partial charge in [0, 0.05) is 24.6 Å². The summed E-state index contributed by atoms with van der Waals surface area (Å²) in [7, 11) is 2.08. The van der Waals surface area contributed by atoms with Gasteiger partial charge in [-0.3, -0.25) is 4.79 Å². The van der Waals surface area contributed by atoms with Gasteiger partial charge in [0.15, 0.2) is 0 Å². The largest absolute Gasteiger partial charge is 0.370 e. The molecule has 0 aliphatic carbocycles. The van der Waals surface area contributed by atoms with Crippen molar-refractivity contribution < 1.29 is 4.79 Å². The second kappa shape index (κ2) is 4.24. The first kappa shape index (κ1) is 12.0. The van der Waals surface area contributed by atoms with Crippen LogP contribution in [0.1, 0.15) is 5.56 Å². The first-order chi connectivity index (χ1) is 8.58. The van der Waals surface area contributed by atoms with Gasteiger partial charge in [-0.1, -0.05) is 0 Å². The zero-order valence-electron chi connectivity index (χ0n) is 10.5. The Bertz CT molecular complexity index is 517. The molecule has 5 heteroatoms. The van der Waals surface area contributed by atoms with Gasteiger partial charge >= 0.3 is 0 Å². The lowest BCUT2D eigenvalue weighted by Gasteiger charge is -2.45. The van der Waals surface area contributed by atoms with E-state index < -0.39 is 0 Å². The predicted octanol–water partition coefficient (Wildman–Crippen LogP) is 1.51. The molecule has 2 heterocycles. The molecule has 1 aromatic rings. The zero-order chi connectivity index (χ0) is 12.9. The molecule has 1 fully saturated rings. The number of carbonyl (C=O) groups excluding carboxylic acids is 1. The molecule has 1 saturated heterocycles. The summed E-state index contributed by atoms with van der Waals surface area (Å²) in [6, 6.07) is 4.44. The number of halogens is 1. The van der Waals surface area contributed by atoms with Crippen molar-refractivity contribution in [1.29, 1.82) is 0 Å². The number of benzene rings is 1. The molecule has 1 N–H and O–H groups in total. The number of fused-ring (bicyclic) bond motifs is 3. The van der Waals surface area contributed by atoms with Crippen LogP contribution in [0.2, 0.25) is 0 Å². The number of nitrogens with zero attached hydrogens (tertiary/aromatic N) is 2.